The number of methoxy groups -OCH3 is 1. The van der Waals surface area contributed by atoms with Gasteiger partial charge in [-0.1, -0.05) is 22.0 Å². The molecule has 18 heavy (non-hydrogen) atoms. The van der Waals surface area contributed by atoms with Gasteiger partial charge in [0.05, 0.1) is 19.3 Å². The zero-order valence-electron chi connectivity index (χ0n) is 10.0. The van der Waals surface area contributed by atoms with Crippen LogP contribution in [0.4, 0.5) is 4.39 Å². The van der Waals surface area contributed by atoms with Crippen LogP contribution < -0.4 is 10.5 Å². The van der Waals surface area contributed by atoms with Gasteiger partial charge in [0.15, 0.2) is 5.75 Å². The van der Waals surface area contributed by atoms with Gasteiger partial charge in [-0.3, -0.25) is 4.68 Å². The third-order valence-electron chi connectivity index (χ3n) is 2.76. The molecule has 0 radical (unpaired) electrons. The first-order chi connectivity index (χ1) is 8.54. The van der Waals surface area contributed by atoms with Crippen LogP contribution in [0.3, 0.4) is 0 Å². The van der Waals surface area contributed by atoms with Crippen LogP contribution in [0.2, 0.25) is 0 Å². The third kappa shape index (κ3) is 2.26. The minimum absolute atomic E-state index is 0.310. The Kier molecular flexibility index (Phi) is 3.68. The predicted molar refractivity (Wildman–Crippen MR) is 69.9 cm³/mol. The van der Waals surface area contributed by atoms with Crippen LogP contribution in [0, 0.1) is 5.82 Å². The molecule has 1 aromatic heterocycles. The molecule has 1 unspecified atom stereocenters. The molecule has 0 spiro atoms. The number of nitrogens with two attached hydrogens (primary N) is 1. The Labute approximate surface area is 113 Å². The van der Waals surface area contributed by atoms with Gasteiger partial charge in [-0.05, 0) is 17.7 Å². The molecule has 0 amide bonds. The van der Waals surface area contributed by atoms with Crippen molar-refractivity contribution < 1.29 is 9.13 Å². The van der Waals surface area contributed by atoms with Gasteiger partial charge in [0.1, 0.15) is 11.5 Å². The maximum absolute atomic E-state index is 13.1. The fourth-order valence-electron chi connectivity index (χ4n) is 1.84. The van der Waals surface area contributed by atoms with Gasteiger partial charge in [-0.2, -0.15) is 5.10 Å². The highest BCUT2D eigenvalue weighted by Crippen LogP contribution is 2.31. The first-order valence-corrected chi connectivity index (χ1v) is 6.10. The molecule has 2 rings (SSSR count). The molecular weight excluding hydrogens is 301 g/mol. The zero-order chi connectivity index (χ0) is 13.3. The number of aromatic nitrogens is 2. The van der Waals surface area contributed by atoms with Crippen molar-refractivity contribution in [3.05, 3.63) is 45.9 Å². The zero-order valence-corrected chi connectivity index (χ0v) is 11.6. The topological polar surface area (TPSA) is 53.1 Å². The number of ether oxygens (including phenoxy) is 1. The molecule has 2 N–H and O–H groups in total. The molecule has 0 saturated carbocycles. The monoisotopic (exact) mass is 313 g/mol. The van der Waals surface area contributed by atoms with Crippen molar-refractivity contribution in [3.8, 4) is 5.75 Å². The van der Waals surface area contributed by atoms with E-state index in [4.69, 9.17) is 10.5 Å². The van der Waals surface area contributed by atoms with Crippen molar-refractivity contribution in [3.63, 3.8) is 0 Å². The summed E-state index contributed by atoms with van der Waals surface area (Å²) in [5, 5.41) is 4.10. The lowest BCUT2D eigenvalue weighted by Gasteiger charge is -2.15. The number of nitrogens with zero attached hydrogens (tertiary/aromatic N) is 2. The molecule has 0 fully saturated rings. The molecule has 6 heteroatoms. The molecule has 96 valence electrons. The van der Waals surface area contributed by atoms with E-state index >= 15 is 0 Å². The molecule has 1 atom stereocenters. The number of hydrogen-bond acceptors (Lipinski definition) is 3. The van der Waals surface area contributed by atoms with Gasteiger partial charge in [-0.15, -0.1) is 0 Å². The van der Waals surface area contributed by atoms with Crippen molar-refractivity contribution in [2.45, 2.75) is 6.04 Å². The van der Waals surface area contributed by atoms with E-state index < -0.39 is 6.04 Å². The molecule has 1 heterocycles. The summed E-state index contributed by atoms with van der Waals surface area (Å²) < 4.78 is 20.6. The molecular formula is C12H13BrFN3O. The number of hydrogen-bond donors (Lipinski definition) is 1. The minimum atomic E-state index is -0.442. The summed E-state index contributed by atoms with van der Waals surface area (Å²) in [6.07, 6.45) is 1.60. The fraction of sp³-hybridized carbons (Fsp3) is 0.250. The first-order valence-electron chi connectivity index (χ1n) is 5.31. The molecule has 1 aromatic carbocycles. The molecule has 0 aliphatic heterocycles. The second-order valence-electron chi connectivity index (χ2n) is 3.87. The average Bonchev–Trinajstić information content (AvgIpc) is 2.69. The Morgan fingerprint density at radius 3 is 2.83 bits per heavy atom. The summed E-state index contributed by atoms with van der Waals surface area (Å²) in [4.78, 5) is 0. The van der Waals surface area contributed by atoms with Crippen LogP contribution in [-0.4, -0.2) is 16.9 Å². The number of benzene rings is 1. The fourth-order valence-corrected chi connectivity index (χ4v) is 2.44. The van der Waals surface area contributed by atoms with Crippen molar-refractivity contribution in [1.29, 1.82) is 0 Å². The first kappa shape index (κ1) is 13.0. The Hall–Kier alpha value is -1.40. The summed E-state index contributed by atoms with van der Waals surface area (Å²) >= 11 is 3.31. The Morgan fingerprint density at radius 2 is 2.22 bits per heavy atom. The van der Waals surface area contributed by atoms with Gasteiger partial charge >= 0.3 is 0 Å². The highest BCUT2D eigenvalue weighted by atomic mass is 79.9. The number of rotatable bonds is 3. The third-order valence-corrected chi connectivity index (χ3v) is 3.45. The second-order valence-corrected chi connectivity index (χ2v) is 4.72. The van der Waals surface area contributed by atoms with E-state index in [1.807, 2.05) is 0 Å². The van der Waals surface area contributed by atoms with Gasteiger partial charge in [0, 0.05) is 11.5 Å². The number of halogens is 2. The maximum Gasteiger partial charge on any atom is 0.161 e. The van der Waals surface area contributed by atoms with Crippen LogP contribution in [0.5, 0.6) is 5.75 Å². The molecule has 2 aromatic rings. The van der Waals surface area contributed by atoms with Crippen LogP contribution >= 0.6 is 15.9 Å². The lowest BCUT2D eigenvalue weighted by atomic mass is 10.0. The van der Waals surface area contributed by atoms with Crippen LogP contribution in [0.25, 0.3) is 0 Å². The maximum atomic E-state index is 13.1. The highest BCUT2D eigenvalue weighted by Gasteiger charge is 2.20. The second kappa shape index (κ2) is 5.07. The lowest BCUT2D eigenvalue weighted by molar-refractivity contribution is 0.406. The quantitative estimate of drug-likeness (QED) is 0.946. The molecule has 0 bridgehead atoms. The molecule has 4 nitrogen and oxygen atoms in total. The summed E-state index contributed by atoms with van der Waals surface area (Å²) in [7, 11) is 3.35. The Balaban J connectivity index is 2.47. The van der Waals surface area contributed by atoms with E-state index in [2.05, 4.69) is 21.0 Å². The van der Waals surface area contributed by atoms with Gasteiger partial charge in [0.2, 0.25) is 0 Å². The van der Waals surface area contributed by atoms with E-state index in [0.717, 1.165) is 11.3 Å². The van der Waals surface area contributed by atoms with E-state index in [-0.39, 0.29) is 5.82 Å². The van der Waals surface area contributed by atoms with Gasteiger partial charge in [-0.25, -0.2) is 4.39 Å². The standard InChI is InChI=1S/C12H13BrFN3O/c1-17-12(10(18-2)6-16-17)11(15)8-4-3-7(14)5-9(8)13/h3-6,11H,15H2,1-2H3. The largest absolute Gasteiger partial charge is 0.493 e. The van der Waals surface area contributed by atoms with E-state index in [9.17, 15) is 4.39 Å². The molecule has 0 saturated heterocycles. The average molecular weight is 314 g/mol. The van der Waals surface area contributed by atoms with Crippen LogP contribution in [0.15, 0.2) is 28.9 Å². The number of aryl methyl sites for hydroxylation is 1. The predicted octanol–water partition coefficient (Wildman–Crippen LogP) is 2.38. The normalized spacial score (nSPS) is 12.5. The SMILES string of the molecule is COc1cnn(C)c1C(N)c1ccc(F)cc1Br. The summed E-state index contributed by atoms with van der Waals surface area (Å²) in [6.45, 7) is 0. The Bertz CT molecular complexity index is 570. The van der Waals surface area contributed by atoms with Crippen molar-refractivity contribution in [1.82, 2.24) is 9.78 Å². The van der Waals surface area contributed by atoms with E-state index in [0.29, 0.717) is 10.2 Å². The van der Waals surface area contributed by atoms with Gasteiger partial charge < -0.3 is 10.5 Å². The van der Waals surface area contributed by atoms with Crippen molar-refractivity contribution in [2.24, 2.45) is 12.8 Å². The van der Waals surface area contributed by atoms with Crippen LogP contribution in [0.1, 0.15) is 17.3 Å². The molecule has 0 aliphatic carbocycles. The smallest absolute Gasteiger partial charge is 0.161 e. The van der Waals surface area contributed by atoms with Crippen molar-refractivity contribution in [2.75, 3.05) is 7.11 Å². The van der Waals surface area contributed by atoms with Crippen molar-refractivity contribution >= 4 is 15.9 Å². The van der Waals surface area contributed by atoms with E-state index in [1.165, 1.54) is 12.1 Å². The summed E-state index contributed by atoms with van der Waals surface area (Å²) in [5.74, 6) is 0.302. The van der Waals surface area contributed by atoms with E-state index in [1.54, 1.807) is 31.1 Å². The minimum Gasteiger partial charge on any atom is -0.493 e. The lowest BCUT2D eigenvalue weighted by Crippen LogP contribution is -2.17. The summed E-state index contributed by atoms with van der Waals surface area (Å²) in [6, 6.07) is 3.97. The van der Waals surface area contributed by atoms with Gasteiger partial charge in [0.25, 0.3) is 0 Å². The molecule has 0 aliphatic rings. The van der Waals surface area contributed by atoms with Crippen LogP contribution in [-0.2, 0) is 7.05 Å². The Morgan fingerprint density at radius 1 is 1.50 bits per heavy atom. The summed E-state index contributed by atoms with van der Waals surface area (Å²) in [5.41, 5.74) is 7.71. The highest BCUT2D eigenvalue weighted by molar-refractivity contribution is 9.10.